The van der Waals surface area contributed by atoms with E-state index in [9.17, 15) is 10.1 Å². The van der Waals surface area contributed by atoms with Crippen molar-refractivity contribution >= 4 is 34.0 Å². The minimum atomic E-state index is -0.337. The summed E-state index contributed by atoms with van der Waals surface area (Å²) in [5, 5.41) is 14.3. The Balaban J connectivity index is 2.04. The summed E-state index contributed by atoms with van der Waals surface area (Å²) >= 11 is 2.02. The molecule has 0 spiro atoms. The third kappa shape index (κ3) is 3.58. The van der Waals surface area contributed by atoms with Crippen molar-refractivity contribution in [2.24, 2.45) is 11.8 Å². The summed E-state index contributed by atoms with van der Waals surface area (Å²) in [4.78, 5) is 10.4. The average Bonchev–Trinajstić information content (AvgIpc) is 2.33. The monoisotopic (exact) mass is 374 g/mol. The van der Waals surface area contributed by atoms with Crippen molar-refractivity contribution < 1.29 is 4.92 Å². The van der Waals surface area contributed by atoms with Crippen LogP contribution in [0.15, 0.2) is 18.2 Å². The number of hydrogen-bond donors (Lipinski definition) is 1. The Morgan fingerprint density at radius 3 is 2.63 bits per heavy atom. The molecule has 104 valence electrons. The molecule has 0 radical (unpaired) electrons. The second kappa shape index (κ2) is 6.07. The zero-order valence-corrected chi connectivity index (χ0v) is 13.4. The van der Waals surface area contributed by atoms with Crippen LogP contribution in [-0.2, 0) is 0 Å². The van der Waals surface area contributed by atoms with E-state index in [1.807, 2.05) is 34.7 Å². The summed E-state index contributed by atoms with van der Waals surface area (Å²) in [5.74, 6) is 1.54. The largest absolute Gasteiger partial charge is 0.382 e. The Morgan fingerprint density at radius 2 is 2.05 bits per heavy atom. The maximum Gasteiger partial charge on any atom is 0.282 e. The van der Waals surface area contributed by atoms with Gasteiger partial charge in [-0.25, -0.2) is 0 Å². The van der Waals surface area contributed by atoms with Crippen LogP contribution in [0.5, 0.6) is 0 Å². The number of nitrogens with one attached hydrogen (secondary N) is 1. The number of hydrogen-bond acceptors (Lipinski definition) is 3. The fourth-order valence-corrected chi connectivity index (χ4v) is 3.37. The minimum absolute atomic E-state index is 0.178. The van der Waals surface area contributed by atoms with Gasteiger partial charge in [-0.05, 0) is 65.8 Å². The molecule has 1 N–H and O–H groups in total. The van der Waals surface area contributed by atoms with E-state index in [0.29, 0.717) is 9.61 Å². The molecule has 5 heteroatoms. The first kappa shape index (κ1) is 14.6. The van der Waals surface area contributed by atoms with Crippen LogP contribution in [0.4, 0.5) is 11.4 Å². The van der Waals surface area contributed by atoms with E-state index in [-0.39, 0.29) is 10.6 Å². The van der Waals surface area contributed by atoms with Crippen LogP contribution in [0.25, 0.3) is 0 Å². The normalized spacial score (nSPS) is 27.0. The Labute approximate surface area is 127 Å². The molecule has 4 nitrogen and oxygen atoms in total. The lowest BCUT2D eigenvalue weighted by Crippen LogP contribution is -2.30. The molecular formula is C14H19IN2O2. The number of nitrogens with zero attached hydrogens (tertiary/aromatic N) is 1. The highest BCUT2D eigenvalue weighted by molar-refractivity contribution is 14.1. The van der Waals surface area contributed by atoms with Crippen molar-refractivity contribution in [2.45, 2.75) is 39.2 Å². The fourth-order valence-electron chi connectivity index (χ4n) is 2.66. The molecule has 1 aromatic carbocycles. The number of halogens is 1. The third-order valence-corrected chi connectivity index (χ3v) is 4.98. The SMILES string of the molecule is CC1CCC(Nc2ccc([N+](=O)[O-])c(I)c2)CC1C. The number of benzene rings is 1. The Kier molecular flexibility index (Phi) is 4.65. The number of rotatable bonds is 3. The van der Waals surface area contributed by atoms with Crippen LogP contribution in [0.2, 0.25) is 0 Å². The van der Waals surface area contributed by atoms with Crippen LogP contribution in [-0.4, -0.2) is 11.0 Å². The Hall–Kier alpha value is -0.850. The summed E-state index contributed by atoms with van der Waals surface area (Å²) in [5.41, 5.74) is 1.17. The molecule has 1 aliphatic rings. The second-order valence-electron chi connectivity index (χ2n) is 5.53. The molecule has 1 aliphatic carbocycles. The molecule has 0 aromatic heterocycles. The number of anilines is 1. The fraction of sp³-hybridized carbons (Fsp3) is 0.571. The van der Waals surface area contributed by atoms with Gasteiger partial charge >= 0.3 is 0 Å². The van der Waals surface area contributed by atoms with Crippen LogP contribution >= 0.6 is 22.6 Å². The van der Waals surface area contributed by atoms with E-state index in [1.54, 1.807) is 6.07 Å². The van der Waals surface area contributed by atoms with E-state index in [1.165, 1.54) is 19.3 Å². The van der Waals surface area contributed by atoms with Crippen LogP contribution < -0.4 is 5.32 Å². The molecule has 0 saturated heterocycles. The van der Waals surface area contributed by atoms with E-state index < -0.39 is 0 Å². The van der Waals surface area contributed by atoms with Gasteiger partial charge in [-0.2, -0.15) is 0 Å². The second-order valence-corrected chi connectivity index (χ2v) is 6.69. The molecule has 0 aliphatic heterocycles. The number of nitro benzene ring substituents is 1. The molecule has 0 bridgehead atoms. The van der Waals surface area contributed by atoms with Crippen molar-refractivity contribution in [1.29, 1.82) is 0 Å². The molecule has 19 heavy (non-hydrogen) atoms. The standard InChI is InChI=1S/C14H19IN2O2/c1-9-3-4-11(7-10(9)2)16-12-5-6-14(17(18)19)13(15)8-12/h5-6,8-11,16H,3-4,7H2,1-2H3. The lowest BCUT2D eigenvalue weighted by atomic mass is 9.79. The topological polar surface area (TPSA) is 55.2 Å². The summed E-state index contributed by atoms with van der Waals surface area (Å²) in [6.07, 6.45) is 3.61. The molecule has 3 atom stereocenters. The van der Waals surface area contributed by atoms with Crippen molar-refractivity contribution in [2.75, 3.05) is 5.32 Å². The summed E-state index contributed by atoms with van der Waals surface area (Å²) < 4.78 is 0.685. The van der Waals surface area contributed by atoms with Crippen molar-refractivity contribution in [3.05, 3.63) is 31.9 Å². The molecule has 3 unspecified atom stereocenters. The molecule has 1 fully saturated rings. The van der Waals surface area contributed by atoms with Gasteiger partial charge < -0.3 is 5.32 Å². The van der Waals surface area contributed by atoms with Crippen LogP contribution in [0.3, 0.4) is 0 Å². The molecule has 1 saturated carbocycles. The van der Waals surface area contributed by atoms with Crippen LogP contribution in [0.1, 0.15) is 33.1 Å². The van der Waals surface area contributed by atoms with E-state index in [4.69, 9.17) is 0 Å². The Morgan fingerprint density at radius 1 is 1.32 bits per heavy atom. The highest BCUT2D eigenvalue weighted by atomic mass is 127. The predicted octanol–water partition coefficient (Wildman–Crippen LogP) is 4.44. The maximum absolute atomic E-state index is 10.8. The first-order valence-electron chi connectivity index (χ1n) is 6.68. The summed E-state index contributed by atoms with van der Waals surface area (Å²) in [6.45, 7) is 4.62. The molecular weight excluding hydrogens is 355 g/mol. The summed E-state index contributed by atoms with van der Waals surface area (Å²) in [7, 11) is 0. The molecule has 2 rings (SSSR count). The highest BCUT2D eigenvalue weighted by Crippen LogP contribution is 2.32. The average molecular weight is 374 g/mol. The van der Waals surface area contributed by atoms with Crippen molar-refractivity contribution in [1.82, 2.24) is 0 Å². The smallest absolute Gasteiger partial charge is 0.282 e. The zero-order chi connectivity index (χ0) is 14.0. The zero-order valence-electron chi connectivity index (χ0n) is 11.2. The first-order chi connectivity index (χ1) is 8.97. The Bertz CT molecular complexity index is 479. The molecule has 0 amide bonds. The molecule has 0 heterocycles. The van der Waals surface area contributed by atoms with Gasteiger partial charge in [0, 0.05) is 17.8 Å². The van der Waals surface area contributed by atoms with Gasteiger partial charge in [-0.1, -0.05) is 13.8 Å². The van der Waals surface area contributed by atoms with Gasteiger partial charge in [0.2, 0.25) is 0 Å². The van der Waals surface area contributed by atoms with E-state index in [2.05, 4.69) is 19.2 Å². The van der Waals surface area contributed by atoms with E-state index >= 15 is 0 Å². The predicted molar refractivity (Wildman–Crippen MR) is 85.4 cm³/mol. The van der Waals surface area contributed by atoms with E-state index in [0.717, 1.165) is 17.5 Å². The van der Waals surface area contributed by atoms with Crippen molar-refractivity contribution in [3.63, 3.8) is 0 Å². The summed E-state index contributed by atoms with van der Waals surface area (Å²) in [6, 6.07) is 5.74. The van der Waals surface area contributed by atoms with Crippen molar-refractivity contribution in [3.8, 4) is 0 Å². The highest BCUT2D eigenvalue weighted by Gasteiger charge is 2.24. The van der Waals surface area contributed by atoms with Gasteiger partial charge in [0.25, 0.3) is 5.69 Å². The third-order valence-electron chi connectivity index (χ3n) is 4.11. The minimum Gasteiger partial charge on any atom is -0.382 e. The lowest BCUT2D eigenvalue weighted by molar-refractivity contribution is -0.385. The lowest BCUT2D eigenvalue weighted by Gasteiger charge is -2.33. The quantitative estimate of drug-likeness (QED) is 0.484. The number of nitro groups is 1. The van der Waals surface area contributed by atoms with Crippen LogP contribution in [0, 0.1) is 25.5 Å². The van der Waals surface area contributed by atoms with Gasteiger partial charge in [-0.3, -0.25) is 10.1 Å². The first-order valence-corrected chi connectivity index (χ1v) is 7.75. The molecule has 1 aromatic rings. The van der Waals surface area contributed by atoms with Gasteiger partial charge in [-0.15, -0.1) is 0 Å². The van der Waals surface area contributed by atoms with Gasteiger partial charge in [0.1, 0.15) is 0 Å². The van der Waals surface area contributed by atoms with Gasteiger partial charge in [0.15, 0.2) is 0 Å². The van der Waals surface area contributed by atoms with Gasteiger partial charge in [0.05, 0.1) is 8.49 Å². The maximum atomic E-state index is 10.8.